The van der Waals surface area contributed by atoms with Crippen LogP contribution in [0.15, 0.2) is 126 Å². The van der Waals surface area contributed by atoms with E-state index in [1.54, 1.807) is 48.5 Å². The molecule has 0 fully saturated rings. The maximum absolute atomic E-state index is 13.5. The fourth-order valence-corrected chi connectivity index (χ4v) is 5.17. The molecule has 0 aliphatic carbocycles. The third-order valence-corrected chi connectivity index (χ3v) is 7.70. The maximum atomic E-state index is 13.5. The van der Waals surface area contributed by atoms with Gasteiger partial charge in [0.05, 0.1) is 27.3 Å². The number of anilines is 1. The number of esters is 1. The number of hydrogen-bond donors (Lipinski definition) is 0. The summed E-state index contributed by atoms with van der Waals surface area (Å²) in [7, 11) is 0. The van der Waals surface area contributed by atoms with Crippen molar-refractivity contribution in [1.82, 2.24) is 0 Å². The molecule has 0 saturated heterocycles. The molecule has 0 aromatic heterocycles. The summed E-state index contributed by atoms with van der Waals surface area (Å²) < 4.78 is 12.4. The highest BCUT2D eigenvalue weighted by Crippen LogP contribution is 2.34. The van der Waals surface area contributed by atoms with Crippen LogP contribution in [0.5, 0.6) is 11.5 Å². The van der Waals surface area contributed by atoms with Crippen LogP contribution in [0.25, 0.3) is 0 Å². The van der Waals surface area contributed by atoms with Crippen LogP contribution in [-0.4, -0.2) is 28.5 Å². The zero-order chi connectivity index (χ0) is 32.4. The predicted molar refractivity (Wildman–Crippen MR) is 170 cm³/mol. The van der Waals surface area contributed by atoms with Crippen molar-refractivity contribution in [2.24, 2.45) is 0 Å². The van der Waals surface area contributed by atoms with Crippen LogP contribution >= 0.6 is 15.9 Å². The minimum atomic E-state index is -1.43. The van der Waals surface area contributed by atoms with Gasteiger partial charge in [0.15, 0.2) is 6.10 Å². The van der Waals surface area contributed by atoms with Gasteiger partial charge in [-0.15, -0.1) is 0 Å². The average molecular weight is 677 g/mol. The molecule has 226 valence electrons. The van der Waals surface area contributed by atoms with Gasteiger partial charge in [0, 0.05) is 27.7 Å². The van der Waals surface area contributed by atoms with Crippen molar-refractivity contribution in [3.05, 3.63) is 164 Å². The molecule has 0 bridgehead atoms. The molecule has 0 N–H and O–H groups in total. The molecule has 0 spiro atoms. The summed E-state index contributed by atoms with van der Waals surface area (Å²) in [6.07, 6.45) is -1.43. The van der Waals surface area contributed by atoms with Crippen molar-refractivity contribution in [3.63, 3.8) is 0 Å². The smallest absolute Gasteiger partial charge is 0.339 e. The normalized spacial score (nSPS) is 12.8. The van der Waals surface area contributed by atoms with Gasteiger partial charge in [0.25, 0.3) is 17.5 Å². The number of imide groups is 1. The first-order valence-electron chi connectivity index (χ1n) is 13.8. The van der Waals surface area contributed by atoms with E-state index in [0.717, 1.165) is 9.37 Å². The Labute approximate surface area is 270 Å². The van der Waals surface area contributed by atoms with Gasteiger partial charge in [-0.05, 0) is 72.8 Å². The molecule has 5 aromatic carbocycles. The number of fused-ring (bicyclic) bond motifs is 1. The van der Waals surface area contributed by atoms with Crippen molar-refractivity contribution in [1.29, 1.82) is 0 Å². The molecule has 46 heavy (non-hydrogen) atoms. The number of halogens is 1. The first-order chi connectivity index (χ1) is 22.2. The standard InChI is InChI=1S/C35H21BrN2O8/c36-24-11-15-27(16-12-24)45-28-17-18-29-30(20-28)34(41)37(33(29)40)26-8-4-7-23(19-26)35(42)46-32(31(39)21-5-2-1-3-6-21)22-9-13-25(14-10-22)38(43)44/h1-20,32H/t32-/m0/s1. The Balaban J connectivity index is 1.25. The fraction of sp³-hybridized carbons (Fsp3) is 0.0286. The number of amides is 2. The summed E-state index contributed by atoms with van der Waals surface area (Å²) in [6.45, 7) is 0. The number of ketones is 1. The molecule has 11 heteroatoms. The second kappa shape index (κ2) is 12.6. The van der Waals surface area contributed by atoms with E-state index in [2.05, 4.69) is 15.9 Å². The van der Waals surface area contributed by atoms with Crippen molar-refractivity contribution in [3.8, 4) is 11.5 Å². The molecule has 1 aliphatic rings. The molecule has 0 saturated carbocycles. The lowest BCUT2D eigenvalue weighted by atomic mass is 9.99. The highest BCUT2D eigenvalue weighted by Gasteiger charge is 2.37. The van der Waals surface area contributed by atoms with E-state index in [4.69, 9.17) is 9.47 Å². The zero-order valence-corrected chi connectivity index (χ0v) is 25.2. The van der Waals surface area contributed by atoms with Crippen molar-refractivity contribution in [2.75, 3.05) is 4.90 Å². The minimum absolute atomic E-state index is 0.0268. The number of nitro benzene ring substituents is 1. The lowest BCUT2D eigenvalue weighted by Gasteiger charge is -2.19. The predicted octanol–water partition coefficient (Wildman–Crippen LogP) is 7.73. The van der Waals surface area contributed by atoms with Gasteiger partial charge in [-0.2, -0.15) is 0 Å². The van der Waals surface area contributed by atoms with E-state index in [-0.39, 0.29) is 39.2 Å². The highest BCUT2D eigenvalue weighted by molar-refractivity contribution is 9.10. The SMILES string of the molecule is O=C(O[C@H](C(=O)c1ccccc1)c1ccc([N+](=O)[O-])cc1)c1cccc(N2C(=O)c3ccc(Oc4ccc(Br)cc4)cc3C2=O)c1. The number of carbonyl (C=O) groups is 4. The Kier molecular flexibility index (Phi) is 8.23. The summed E-state index contributed by atoms with van der Waals surface area (Å²) in [6, 6.07) is 30.7. The van der Waals surface area contributed by atoms with Crippen LogP contribution in [-0.2, 0) is 4.74 Å². The zero-order valence-electron chi connectivity index (χ0n) is 23.7. The second-order valence-electron chi connectivity index (χ2n) is 10.1. The number of ether oxygens (including phenoxy) is 2. The van der Waals surface area contributed by atoms with Crippen LogP contribution in [0.1, 0.15) is 53.1 Å². The van der Waals surface area contributed by atoms with Crippen LogP contribution in [0.3, 0.4) is 0 Å². The number of non-ortho nitro benzene ring substituents is 1. The monoisotopic (exact) mass is 676 g/mol. The lowest BCUT2D eigenvalue weighted by molar-refractivity contribution is -0.384. The van der Waals surface area contributed by atoms with Gasteiger partial charge in [0.2, 0.25) is 5.78 Å². The number of nitrogens with zero attached hydrogens (tertiary/aromatic N) is 2. The topological polar surface area (TPSA) is 133 Å². The summed E-state index contributed by atoms with van der Waals surface area (Å²) in [5, 5.41) is 11.2. The van der Waals surface area contributed by atoms with Gasteiger partial charge in [-0.3, -0.25) is 24.5 Å². The average Bonchev–Trinajstić information content (AvgIpc) is 3.33. The molecule has 2 amide bonds. The number of rotatable bonds is 9. The molecule has 1 heterocycles. The number of carbonyl (C=O) groups excluding carboxylic acids is 4. The van der Waals surface area contributed by atoms with Gasteiger partial charge in [-0.25, -0.2) is 9.69 Å². The Morgan fingerprint density at radius 3 is 2.07 bits per heavy atom. The quantitative estimate of drug-likeness (QED) is 0.0509. The Morgan fingerprint density at radius 2 is 1.37 bits per heavy atom. The van der Waals surface area contributed by atoms with Crippen LogP contribution in [0, 0.1) is 10.1 Å². The molecule has 10 nitrogen and oxygen atoms in total. The van der Waals surface area contributed by atoms with E-state index < -0.39 is 34.6 Å². The third-order valence-electron chi connectivity index (χ3n) is 7.18. The molecule has 0 radical (unpaired) electrons. The van der Waals surface area contributed by atoms with Crippen molar-refractivity contribution < 1.29 is 33.6 Å². The van der Waals surface area contributed by atoms with E-state index in [9.17, 15) is 29.3 Å². The Bertz CT molecular complexity index is 2010. The minimum Gasteiger partial charge on any atom is -0.457 e. The summed E-state index contributed by atoms with van der Waals surface area (Å²) in [5.41, 5.74) is 0.708. The van der Waals surface area contributed by atoms with E-state index in [1.807, 2.05) is 12.1 Å². The van der Waals surface area contributed by atoms with E-state index in [1.165, 1.54) is 60.7 Å². The van der Waals surface area contributed by atoms with E-state index in [0.29, 0.717) is 11.5 Å². The second-order valence-corrected chi connectivity index (χ2v) is 11.0. The van der Waals surface area contributed by atoms with Crippen molar-refractivity contribution >= 4 is 50.9 Å². The first kappa shape index (κ1) is 30.1. The molecule has 1 aliphatic heterocycles. The molecule has 5 aromatic rings. The van der Waals surface area contributed by atoms with Crippen LogP contribution in [0.2, 0.25) is 0 Å². The Morgan fingerprint density at radius 1 is 0.717 bits per heavy atom. The Hall–Kier alpha value is -5.94. The van der Waals surface area contributed by atoms with Gasteiger partial charge in [-0.1, -0.05) is 52.3 Å². The summed E-state index contributed by atoms with van der Waals surface area (Å²) >= 11 is 3.37. The molecule has 1 atom stereocenters. The van der Waals surface area contributed by atoms with Gasteiger partial charge < -0.3 is 9.47 Å². The number of hydrogen-bond acceptors (Lipinski definition) is 8. The van der Waals surface area contributed by atoms with Gasteiger partial charge >= 0.3 is 5.97 Å². The van der Waals surface area contributed by atoms with E-state index >= 15 is 0 Å². The molecule has 0 unspecified atom stereocenters. The summed E-state index contributed by atoms with van der Waals surface area (Å²) in [4.78, 5) is 65.2. The largest absolute Gasteiger partial charge is 0.457 e. The number of Topliss-reactive ketones (excluding diaryl/α,β-unsaturated/α-hetero) is 1. The number of benzene rings is 5. The molecule has 6 rings (SSSR count). The van der Waals surface area contributed by atoms with Crippen LogP contribution in [0.4, 0.5) is 11.4 Å². The molecular weight excluding hydrogens is 656 g/mol. The highest BCUT2D eigenvalue weighted by atomic mass is 79.9. The third kappa shape index (κ3) is 6.04. The summed E-state index contributed by atoms with van der Waals surface area (Å²) in [5.74, 6) is -1.72. The fourth-order valence-electron chi connectivity index (χ4n) is 4.90. The number of nitro groups is 1. The van der Waals surface area contributed by atoms with Crippen LogP contribution < -0.4 is 9.64 Å². The molecular formula is C35H21BrN2O8. The van der Waals surface area contributed by atoms with Crippen molar-refractivity contribution in [2.45, 2.75) is 6.10 Å². The van der Waals surface area contributed by atoms with Gasteiger partial charge in [0.1, 0.15) is 11.5 Å². The first-order valence-corrected chi connectivity index (χ1v) is 14.6. The lowest BCUT2D eigenvalue weighted by Crippen LogP contribution is -2.29. The maximum Gasteiger partial charge on any atom is 0.339 e.